The Bertz CT molecular complexity index is 665. The molecule has 1 aromatic heterocycles. The van der Waals surface area contributed by atoms with Crippen molar-refractivity contribution in [2.75, 3.05) is 5.32 Å². The maximum absolute atomic E-state index is 13.0. The number of halogens is 5. The highest BCUT2D eigenvalue weighted by Crippen LogP contribution is 2.36. The monoisotopic (exact) mass is 337 g/mol. The van der Waals surface area contributed by atoms with Crippen LogP contribution >= 0.6 is 23.2 Å². The van der Waals surface area contributed by atoms with Crippen molar-refractivity contribution in [3.8, 4) is 0 Å². The van der Waals surface area contributed by atoms with E-state index in [1.54, 1.807) is 14.0 Å². The SMILES string of the molecule is Cc1nn(C)c(CNc2ccc(Cl)cc2C(F)(F)F)c1Cl. The van der Waals surface area contributed by atoms with E-state index in [1.807, 2.05) is 0 Å². The molecule has 2 rings (SSSR count). The molecule has 0 saturated carbocycles. The van der Waals surface area contributed by atoms with Crippen molar-refractivity contribution in [1.29, 1.82) is 0 Å². The molecule has 0 spiro atoms. The highest BCUT2D eigenvalue weighted by Gasteiger charge is 2.33. The largest absolute Gasteiger partial charge is 0.418 e. The second-order valence-corrected chi connectivity index (χ2v) is 5.33. The lowest BCUT2D eigenvalue weighted by atomic mass is 10.1. The topological polar surface area (TPSA) is 29.9 Å². The van der Waals surface area contributed by atoms with Gasteiger partial charge in [0, 0.05) is 17.8 Å². The third-order valence-electron chi connectivity index (χ3n) is 2.99. The van der Waals surface area contributed by atoms with Gasteiger partial charge in [-0.15, -0.1) is 0 Å². The molecule has 0 aliphatic heterocycles. The molecule has 0 saturated heterocycles. The lowest BCUT2D eigenvalue weighted by molar-refractivity contribution is -0.136. The zero-order valence-corrected chi connectivity index (χ0v) is 12.7. The molecule has 1 heterocycles. The number of alkyl halides is 3. The van der Waals surface area contributed by atoms with Gasteiger partial charge < -0.3 is 5.32 Å². The summed E-state index contributed by atoms with van der Waals surface area (Å²) in [5.41, 5.74) is 0.368. The van der Waals surface area contributed by atoms with E-state index in [4.69, 9.17) is 23.2 Å². The van der Waals surface area contributed by atoms with E-state index >= 15 is 0 Å². The fourth-order valence-corrected chi connectivity index (χ4v) is 2.36. The highest BCUT2D eigenvalue weighted by molar-refractivity contribution is 6.32. The maximum Gasteiger partial charge on any atom is 0.418 e. The number of nitrogens with one attached hydrogen (secondary N) is 1. The second-order valence-electron chi connectivity index (χ2n) is 4.51. The number of hydrogen-bond acceptors (Lipinski definition) is 2. The lowest BCUT2D eigenvalue weighted by Crippen LogP contribution is -2.12. The van der Waals surface area contributed by atoms with Crippen LogP contribution in [0.3, 0.4) is 0 Å². The molecule has 21 heavy (non-hydrogen) atoms. The number of anilines is 1. The van der Waals surface area contributed by atoms with E-state index in [2.05, 4.69) is 10.4 Å². The Morgan fingerprint density at radius 1 is 1.29 bits per heavy atom. The summed E-state index contributed by atoms with van der Waals surface area (Å²) in [5, 5.41) is 7.31. The molecule has 0 amide bonds. The summed E-state index contributed by atoms with van der Waals surface area (Å²) >= 11 is 11.7. The Balaban J connectivity index is 2.28. The summed E-state index contributed by atoms with van der Waals surface area (Å²) in [5.74, 6) is 0. The first-order chi connectivity index (χ1) is 9.70. The van der Waals surface area contributed by atoms with Gasteiger partial charge in [0.2, 0.25) is 0 Å². The van der Waals surface area contributed by atoms with E-state index in [9.17, 15) is 13.2 Å². The molecule has 0 atom stereocenters. The van der Waals surface area contributed by atoms with Crippen molar-refractivity contribution < 1.29 is 13.2 Å². The van der Waals surface area contributed by atoms with Gasteiger partial charge in [-0.3, -0.25) is 4.68 Å². The van der Waals surface area contributed by atoms with Crippen LogP contribution in [0, 0.1) is 6.92 Å². The zero-order chi connectivity index (χ0) is 15.8. The summed E-state index contributed by atoms with van der Waals surface area (Å²) in [7, 11) is 1.68. The summed E-state index contributed by atoms with van der Waals surface area (Å²) < 4.78 is 40.5. The van der Waals surface area contributed by atoms with Crippen LogP contribution < -0.4 is 5.32 Å². The standard InChI is InChI=1S/C13H12Cl2F3N3/c1-7-12(15)11(21(2)20-7)6-19-10-4-3-8(14)5-9(10)13(16,17)18/h3-5,19H,6H2,1-2H3. The normalized spacial score (nSPS) is 11.8. The first-order valence-electron chi connectivity index (χ1n) is 5.98. The van der Waals surface area contributed by atoms with E-state index < -0.39 is 11.7 Å². The first kappa shape index (κ1) is 16.0. The molecule has 0 bridgehead atoms. The van der Waals surface area contributed by atoms with Crippen LogP contribution in [-0.4, -0.2) is 9.78 Å². The van der Waals surface area contributed by atoms with Gasteiger partial charge in [-0.25, -0.2) is 0 Å². The van der Waals surface area contributed by atoms with Crippen LogP contribution in [0.4, 0.5) is 18.9 Å². The molecule has 1 N–H and O–H groups in total. The molecule has 114 valence electrons. The van der Waals surface area contributed by atoms with E-state index in [-0.39, 0.29) is 17.3 Å². The lowest BCUT2D eigenvalue weighted by Gasteiger charge is -2.15. The second kappa shape index (κ2) is 5.77. The number of aromatic nitrogens is 2. The predicted molar refractivity (Wildman–Crippen MR) is 76.7 cm³/mol. The fourth-order valence-electron chi connectivity index (χ4n) is 1.96. The molecule has 2 aromatic rings. The number of rotatable bonds is 3. The van der Waals surface area contributed by atoms with Gasteiger partial charge in [-0.2, -0.15) is 18.3 Å². The minimum absolute atomic E-state index is 0.0299. The van der Waals surface area contributed by atoms with Crippen LogP contribution in [0.25, 0.3) is 0 Å². The first-order valence-corrected chi connectivity index (χ1v) is 6.74. The Morgan fingerprint density at radius 2 is 1.95 bits per heavy atom. The zero-order valence-electron chi connectivity index (χ0n) is 11.2. The highest BCUT2D eigenvalue weighted by atomic mass is 35.5. The molecule has 0 aliphatic carbocycles. The smallest absolute Gasteiger partial charge is 0.379 e. The van der Waals surface area contributed by atoms with E-state index in [1.165, 1.54) is 16.8 Å². The molecule has 0 aliphatic rings. The van der Waals surface area contributed by atoms with Crippen molar-refractivity contribution in [3.63, 3.8) is 0 Å². The molecule has 0 unspecified atom stereocenters. The van der Waals surface area contributed by atoms with Crippen LogP contribution in [0.1, 0.15) is 17.0 Å². The van der Waals surface area contributed by atoms with Crippen molar-refractivity contribution in [2.45, 2.75) is 19.6 Å². The summed E-state index contributed by atoms with van der Waals surface area (Å²) in [6.45, 7) is 1.86. The third kappa shape index (κ3) is 3.44. The molecule has 1 aromatic carbocycles. The van der Waals surface area contributed by atoms with Gasteiger partial charge in [-0.05, 0) is 25.1 Å². The summed E-state index contributed by atoms with van der Waals surface area (Å²) in [6, 6.07) is 3.58. The number of aryl methyl sites for hydroxylation is 2. The molecule has 0 radical (unpaired) electrons. The quantitative estimate of drug-likeness (QED) is 0.882. The fraction of sp³-hybridized carbons (Fsp3) is 0.308. The van der Waals surface area contributed by atoms with Gasteiger partial charge in [0.25, 0.3) is 0 Å². The van der Waals surface area contributed by atoms with Crippen LogP contribution in [-0.2, 0) is 19.8 Å². The maximum atomic E-state index is 13.0. The van der Waals surface area contributed by atoms with Gasteiger partial charge in [0.05, 0.1) is 28.5 Å². The van der Waals surface area contributed by atoms with Crippen molar-refractivity contribution >= 4 is 28.9 Å². The molecule has 3 nitrogen and oxygen atoms in total. The Morgan fingerprint density at radius 3 is 2.48 bits per heavy atom. The van der Waals surface area contributed by atoms with Crippen LogP contribution in [0.15, 0.2) is 18.2 Å². The van der Waals surface area contributed by atoms with Gasteiger partial charge >= 0.3 is 6.18 Å². The number of nitrogens with zero attached hydrogens (tertiary/aromatic N) is 2. The van der Waals surface area contributed by atoms with Crippen LogP contribution in [0.2, 0.25) is 10.0 Å². The van der Waals surface area contributed by atoms with Gasteiger partial charge in [0.1, 0.15) is 0 Å². The van der Waals surface area contributed by atoms with Crippen LogP contribution in [0.5, 0.6) is 0 Å². The molecule has 0 fully saturated rings. The van der Waals surface area contributed by atoms with E-state index in [0.717, 1.165) is 6.07 Å². The summed E-state index contributed by atoms with van der Waals surface area (Å²) in [6.07, 6.45) is -4.49. The van der Waals surface area contributed by atoms with E-state index in [0.29, 0.717) is 16.4 Å². The number of benzene rings is 1. The Hall–Kier alpha value is -1.40. The minimum atomic E-state index is -4.49. The average molecular weight is 338 g/mol. The van der Waals surface area contributed by atoms with Crippen molar-refractivity contribution in [3.05, 3.63) is 45.2 Å². The molecular weight excluding hydrogens is 326 g/mol. The van der Waals surface area contributed by atoms with Crippen molar-refractivity contribution in [2.24, 2.45) is 7.05 Å². The predicted octanol–water partition coefficient (Wildman–Crippen LogP) is 4.67. The Labute approximate surface area is 129 Å². The van der Waals surface area contributed by atoms with Gasteiger partial charge in [0.15, 0.2) is 0 Å². The van der Waals surface area contributed by atoms with Gasteiger partial charge in [-0.1, -0.05) is 23.2 Å². The summed E-state index contributed by atoms with van der Waals surface area (Å²) in [4.78, 5) is 0. The molecule has 8 heteroatoms. The third-order valence-corrected chi connectivity index (χ3v) is 3.72. The molecular formula is C13H12Cl2F3N3. The number of hydrogen-bond donors (Lipinski definition) is 1. The minimum Gasteiger partial charge on any atom is -0.379 e. The Kier molecular flexibility index (Phi) is 4.39. The average Bonchev–Trinajstić information content (AvgIpc) is 2.61. The van der Waals surface area contributed by atoms with Crippen molar-refractivity contribution in [1.82, 2.24) is 9.78 Å².